The Morgan fingerprint density at radius 3 is 2.33 bits per heavy atom. The van der Waals surface area contributed by atoms with Crippen molar-refractivity contribution in [2.45, 2.75) is 45.4 Å². The molecule has 5 heteroatoms. The Morgan fingerprint density at radius 2 is 1.70 bits per heavy atom. The van der Waals surface area contributed by atoms with Crippen LogP contribution in [0, 0.1) is 5.82 Å². The highest BCUT2D eigenvalue weighted by atomic mass is 19.1. The van der Waals surface area contributed by atoms with E-state index in [9.17, 15) is 9.18 Å². The lowest BCUT2D eigenvalue weighted by atomic mass is 10.1. The predicted molar refractivity (Wildman–Crippen MR) is 104 cm³/mol. The number of rotatable bonds is 8. The van der Waals surface area contributed by atoms with Crippen molar-refractivity contribution in [1.82, 2.24) is 10.2 Å². The van der Waals surface area contributed by atoms with Gasteiger partial charge in [-0.15, -0.1) is 0 Å². The summed E-state index contributed by atoms with van der Waals surface area (Å²) in [6.45, 7) is 5.72. The highest BCUT2D eigenvalue weighted by molar-refractivity contribution is 5.81. The van der Waals surface area contributed by atoms with Crippen LogP contribution in [0.3, 0.4) is 0 Å². The number of nitrogens with zero attached hydrogens (tertiary/aromatic N) is 1. The molecule has 3 rings (SSSR count). The summed E-state index contributed by atoms with van der Waals surface area (Å²) in [5.41, 5.74) is 2.36. The number of amides is 1. The van der Waals surface area contributed by atoms with E-state index in [1.54, 1.807) is 0 Å². The minimum Gasteiger partial charge on any atom is -0.481 e. The first-order valence-corrected chi connectivity index (χ1v) is 9.64. The first-order chi connectivity index (χ1) is 13.1. The van der Waals surface area contributed by atoms with E-state index in [2.05, 4.69) is 34.5 Å². The van der Waals surface area contributed by atoms with Gasteiger partial charge in [0.1, 0.15) is 11.6 Å². The number of benzene rings is 2. The molecular formula is C22H27FN2O2. The zero-order valence-electron chi connectivity index (χ0n) is 15.8. The summed E-state index contributed by atoms with van der Waals surface area (Å²) in [6.07, 6.45) is 2.54. The van der Waals surface area contributed by atoms with E-state index in [0.717, 1.165) is 12.1 Å². The maximum Gasteiger partial charge on any atom is 0.261 e. The van der Waals surface area contributed by atoms with Crippen LogP contribution < -0.4 is 10.1 Å². The van der Waals surface area contributed by atoms with Gasteiger partial charge in [0.2, 0.25) is 0 Å². The Labute approximate surface area is 160 Å². The molecule has 0 aliphatic carbocycles. The molecule has 27 heavy (non-hydrogen) atoms. The largest absolute Gasteiger partial charge is 0.481 e. The fourth-order valence-electron chi connectivity index (χ4n) is 3.26. The summed E-state index contributed by atoms with van der Waals surface area (Å²) in [4.78, 5) is 14.9. The van der Waals surface area contributed by atoms with E-state index in [1.807, 2.05) is 6.92 Å². The maximum absolute atomic E-state index is 13.0. The third-order valence-corrected chi connectivity index (χ3v) is 4.85. The lowest BCUT2D eigenvalue weighted by Gasteiger charge is -2.17. The summed E-state index contributed by atoms with van der Waals surface area (Å²) in [6, 6.07) is 14.1. The number of likely N-dealkylation sites (tertiary alicyclic amines) is 1. The lowest BCUT2D eigenvalue weighted by molar-refractivity contribution is -0.128. The second kappa shape index (κ2) is 9.51. The fraction of sp³-hybridized carbons (Fsp3) is 0.409. The molecule has 1 heterocycles. The molecule has 4 nitrogen and oxygen atoms in total. The Kier molecular flexibility index (Phi) is 6.82. The van der Waals surface area contributed by atoms with Crippen LogP contribution in [0.15, 0.2) is 48.5 Å². The molecule has 1 amide bonds. The first-order valence-electron chi connectivity index (χ1n) is 9.64. The number of halogens is 1. The van der Waals surface area contributed by atoms with Gasteiger partial charge in [-0.25, -0.2) is 4.39 Å². The molecule has 1 fully saturated rings. The quantitative estimate of drug-likeness (QED) is 0.766. The normalized spacial score (nSPS) is 15.5. The zero-order chi connectivity index (χ0) is 19.1. The molecule has 0 saturated carbocycles. The highest BCUT2D eigenvalue weighted by Gasteiger charge is 2.18. The van der Waals surface area contributed by atoms with Crippen molar-refractivity contribution in [3.63, 3.8) is 0 Å². The Bertz CT molecular complexity index is 725. The van der Waals surface area contributed by atoms with Crippen LogP contribution in [0.4, 0.5) is 4.39 Å². The molecule has 1 atom stereocenters. The van der Waals surface area contributed by atoms with E-state index in [0.29, 0.717) is 18.7 Å². The minimum absolute atomic E-state index is 0.164. The molecule has 2 aromatic rings. The smallest absolute Gasteiger partial charge is 0.261 e. The molecule has 0 unspecified atom stereocenters. The fourth-order valence-corrected chi connectivity index (χ4v) is 3.26. The summed E-state index contributed by atoms with van der Waals surface area (Å²) in [7, 11) is 0. The van der Waals surface area contributed by atoms with Crippen LogP contribution >= 0.6 is 0 Å². The molecular weight excluding hydrogens is 343 g/mol. The van der Waals surface area contributed by atoms with Crippen molar-refractivity contribution in [3.8, 4) is 5.75 Å². The Morgan fingerprint density at radius 1 is 1.07 bits per heavy atom. The third-order valence-electron chi connectivity index (χ3n) is 4.85. The monoisotopic (exact) mass is 370 g/mol. The van der Waals surface area contributed by atoms with Crippen molar-refractivity contribution in [2.75, 3.05) is 13.1 Å². The molecule has 1 N–H and O–H groups in total. The molecule has 0 spiro atoms. The van der Waals surface area contributed by atoms with E-state index >= 15 is 0 Å². The summed E-state index contributed by atoms with van der Waals surface area (Å²) in [5.74, 6) is 0.000613. The average molecular weight is 370 g/mol. The number of hydrogen-bond acceptors (Lipinski definition) is 3. The van der Waals surface area contributed by atoms with Crippen molar-refractivity contribution in [3.05, 3.63) is 65.5 Å². The Hall–Kier alpha value is -2.40. The predicted octanol–water partition coefficient (Wildman–Crippen LogP) is 3.90. The molecule has 1 saturated heterocycles. The number of carbonyl (C=O) groups excluding carboxylic acids is 1. The Balaban J connectivity index is 1.48. The molecule has 0 radical (unpaired) electrons. The number of ether oxygens (including phenoxy) is 1. The average Bonchev–Trinajstić information content (AvgIpc) is 3.20. The molecule has 1 aliphatic rings. The van der Waals surface area contributed by atoms with E-state index in [-0.39, 0.29) is 11.7 Å². The van der Waals surface area contributed by atoms with Crippen molar-refractivity contribution >= 4 is 5.91 Å². The topological polar surface area (TPSA) is 41.6 Å². The highest BCUT2D eigenvalue weighted by Crippen LogP contribution is 2.15. The van der Waals surface area contributed by atoms with E-state index < -0.39 is 6.10 Å². The van der Waals surface area contributed by atoms with Crippen LogP contribution in [-0.2, 0) is 17.9 Å². The lowest BCUT2D eigenvalue weighted by Crippen LogP contribution is -2.37. The van der Waals surface area contributed by atoms with Crippen LogP contribution in [0.2, 0.25) is 0 Å². The van der Waals surface area contributed by atoms with Crippen LogP contribution in [0.25, 0.3) is 0 Å². The third kappa shape index (κ3) is 5.79. The molecule has 1 aliphatic heterocycles. The molecule has 0 aromatic heterocycles. The minimum atomic E-state index is -0.593. The van der Waals surface area contributed by atoms with Crippen molar-refractivity contribution in [1.29, 1.82) is 0 Å². The van der Waals surface area contributed by atoms with Gasteiger partial charge in [0.25, 0.3) is 5.91 Å². The van der Waals surface area contributed by atoms with E-state index in [4.69, 9.17) is 4.74 Å². The van der Waals surface area contributed by atoms with Gasteiger partial charge in [0, 0.05) is 13.1 Å². The van der Waals surface area contributed by atoms with Crippen LogP contribution in [-0.4, -0.2) is 30.0 Å². The SMILES string of the molecule is CC[C@@H](Oc1ccc(F)cc1)C(=O)NCc1ccc(CN2CCCC2)cc1. The first kappa shape index (κ1) is 19.4. The van der Waals surface area contributed by atoms with Gasteiger partial charge in [-0.2, -0.15) is 0 Å². The van der Waals surface area contributed by atoms with Gasteiger partial charge in [-0.05, 0) is 67.7 Å². The van der Waals surface area contributed by atoms with Gasteiger partial charge in [-0.1, -0.05) is 31.2 Å². The van der Waals surface area contributed by atoms with Crippen molar-refractivity contribution < 1.29 is 13.9 Å². The zero-order valence-corrected chi connectivity index (χ0v) is 15.8. The van der Waals surface area contributed by atoms with Gasteiger partial charge in [0.05, 0.1) is 0 Å². The second-order valence-electron chi connectivity index (χ2n) is 6.99. The number of nitrogens with one attached hydrogen (secondary N) is 1. The van der Waals surface area contributed by atoms with Crippen LogP contribution in [0.1, 0.15) is 37.3 Å². The number of hydrogen-bond donors (Lipinski definition) is 1. The van der Waals surface area contributed by atoms with Gasteiger partial charge >= 0.3 is 0 Å². The van der Waals surface area contributed by atoms with Crippen LogP contribution in [0.5, 0.6) is 5.75 Å². The maximum atomic E-state index is 13.0. The van der Waals surface area contributed by atoms with E-state index in [1.165, 1.54) is 55.8 Å². The molecule has 2 aromatic carbocycles. The molecule has 144 valence electrons. The standard InChI is InChI=1S/C22H27FN2O2/c1-2-21(27-20-11-9-19(23)10-12-20)22(26)24-15-17-5-7-18(8-6-17)16-25-13-3-4-14-25/h5-12,21H,2-4,13-16H2,1H3,(H,24,26)/t21-/m1/s1. The summed E-state index contributed by atoms with van der Waals surface area (Å²) < 4.78 is 18.7. The van der Waals surface area contributed by atoms with Gasteiger partial charge in [-0.3, -0.25) is 9.69 Å². The number of carbonyl (C=O) groups is 1. The molecule has 0 bridgehead atoms. The summed E-state index contributed by atoms with van der Waals surface area (Å²) in [5, 5.41) is 2.93. The summed E-state index contributed by atoms with van der Waals surface area (Å²) >= 11 is 0. The van der Waals surface area contributed by atoms with Gasteiger partial charge in [0.15, 0.2) is 6.10 Å². The van der Waals surface area contributed by atoms with Crippen molar-refractivity contribution in [2.24, 2.45) is 0 Å². The second-order valence-corrected chi connectivity index (χ2v) is 6.99. The van der Waals surface area contributed by atoms with Gasteiger partial charge < -0.3 is 10.1 Å².